The molecular weight excluding hydrogens is 509 g/mol. The van der Waals surface area contributed by atoms with Crippen LogP contribution in [0.1, 0.15) is 35.5 Å². The van der Waals surface area contributed by atoms with E-state index in [-0.39, 0.29) is 29.4 Å². The molecular formula is C28H25ClFN5OS. The number of benzene rings is 2. The average molecular weight is 534 g/mol. The van der Waals surface area contributed by atoms with Gasteiger partial charge in [0.2, 0.25) is 5.91 Å². The van der Waals surface area contributed by atoms with Gasteiger partial charge in [-0.15, -0.1) is 0 Å². The summed E-state index contributed by atoms with van der Waals surface area (Å²) >= 11 is 11.8. The molecule has 1 fully saturated rings. The van der Waals surface area contributed by atoms with Crippen molar-refractivity contribution in [3.8, 4) is 5.69 Å². The lowest BCUT2D eigenvalue weighted by atomic mass is 10.0. The minimum absolute atomic E-state index is 0.0446. The third-order valence-corrected chi connectivity index (χ3v) is 6.99. The van der Waals surface area contributed by atoms with E-state index in [4.69, 9.17) is 23.8 Å². The zero-order valence-corrected chi connectivity index (χ0v) is 21.6. The van der Waals surface area contributed by atoms with E-state index < -0.39 is 5.82 Å². The third-order valence-electron chi connectivity index (χ3n) is 6.34. The number of hydrogen-bond acceptors (Lipinski definition) is 3. The Bertz CT molecular complexity index is 1440. The summed E-state index contributed by atoms with van der Waals surface area (Å²) in [6.45, 7) is 2.38. The molecule has 2 N–H and O–H groups in total. The Balaban J connectivity index is 1.45. The van der Waals surface area contributed by atoms with E-state index in [9.17, 15) is 9.18 Å². The van der Waals surface area contributed by atoms with Gasteiger partial charge in [0, 0.05) is 42.4 Å². The Morgan fingerprint density at radius 1 is 1.14 bits per heavy atom. The van der Waals surface area contributed by atoms with Gasteiger partial charge in [0.05, 0.1) is 22.8 Å². The maximum absolute atomic E-state index is 13.9. The highest BCUT2D eigenvalue weighted by molar-refractivity contribution is 7.80. The van der Waals surface area contributed by atoms with Gasteiger partial charge in [-0.05, 0) is 79.3 Å². The highest BCUT2D eigenvalue weighted by atomic mass is 35.5. The number of nitrogens with zero attached hydrogens (tertiary/aromatic N) is 3. The Morgan fingerprint density at radius 3 is 2.76 bits per heavy atom. The zero-order chi connectivity index (χ0) is 25.9. The summed E-state index contributed by atoms with van der Waals surface area (Å²) in [5.41, 5.74) is 4.29. The van der Waals surface area contributed by atoms with Gasteiger partial charge in [-0.3, -0.25) is 9.78 Å². The second-order valence-corrected chi connectivity index (χ2v) is 9.68. The van der Waals surface area contributed by atoms with Crippen molar-refractivity contribution >= 4 is 40.5 Å². The molecule has 37 heavy (non-hydrogen) atoms. The normalized spacial score (nSPS) is 17.1. The van der Waals surface area contributed by atoms with Crippen LogP contribution in [-0.2, 0) is 4.79 Å². The van der Waals surface area contributed by atoms with Crippen LogP contribution < -0.4 is 10.6 Å². The van der Waals surface area contributed by atoms with Crippen LogP contribution in [0.25, 0.3) is 5.69 Å². The van der Waals surface area contributed by atoms with Gasteiger partial charge >= 0.3 is 0 Å². The number of carbonyl (C=O) groups excluding carboxylic acids is 1. The first-order valence-electron chi connectivity index (χ1n) is 11.9. The number of hydrogen-bond donors (Lipinski definition) is 2. The van der Waals surface area contributed by atoms with Gasteiger partial charge in [-0.2, -0.15) is 0 Å². The molecule has 2 atom stereocenters. The summed E-state index contributed by atoms with van der Waals surface area (Å²) in [6.07, 6.45) is 3.89. The Hall–Kier alpha value is -3.75. The molecule has 0 radical (unpaired) electrons. The quantitative estimate of drug-likeness (QED) is 0.286. The molecule has 188 valence electrons. The number of carbonyl (C=O) groups is 1. The van der Waals surface area contributed by atoms with Crippen LogP contribution in [0, 0.1) is 12.7 Å². The molecule has 3 heterocycles. The lowest BCUT2D eigenvalue weighted by Gasteiger charge is -2.29. The predicted octanol–water partition coefficient (Wildman–Crippen LogP) is 5.97. The Morgan fingerprint density at radius 2 is 2.00 bits per heavy atom. The number of halogens is 2. The van der Waals surface area contributed by atoms with Crippen LogP contribution in [0.5, 0.6) is 0 Å². The molecule has 4 aromatic rings. The van der Waals surface area contributed by atoms with Crippen molar-refractivity contribution in [1.82, 2.24) is 19.8 Å². The first kappa shape index (κ1) is 24.9. The monoisotopic (exact) mass is 533 g/mol. The van der Waals surface area contributed by atoms with Crippen molar-refractivity contribution in [2.45, 2.75) is 25.4 Å². The molecule has 0 spiro atoms. The van der Waals surface area contributed by atoms with E-state index >= 15 is 0 Å². The first-order valence-corrected chi connectivity index (χ1v) is 12.7. The fourth-order valence-electron chi connectivity index (χ4n) is 4.64. The number of aryl methyl sites for hydroxylation is 1. The zero-order valence-electron chi connectivity index (χ0n) is 20.1. The van der Waals surface area contributed by atoms with Crippen LogP contribution in [0.4, 0.5) is 10.1 Å². The molecule has 5 rings (SSSR count). The van der Waals surface area contributed by atoms with Crippen LogP contribution in [-0.4, -0.2) is 32.0 Å². The number of rotatable bonds is 7. The van der Waals surface area contributed by atoms with E-state index in [0.717, 1.165) is 28.3 Å². The maximum atomic E-state index is 13.9. The van der Waals surface area contributed by atoms with E-state index in [1.807, 2.05) is 77.2 Å². The number of pyridine rings is 1. The van der Waals surface area contributed by atoms with Gasteiger partial charge < -0.3 is 20.1 Å². The molecule has 1 saturated heterocycles. The van der Waals surface area contributed by atoms with Crippen LogP contribution in [0.3, 0.4) is 0 Å². The Labute approximate surface area is 225 Å². The van der Waals surface area contributed by atoms with Crippen LogP contribution >= 0.6 is 23.8 Å². The highest BCUT2D eigenvalue weighted by Crippen LogP contribution is 2.39. The summed E-state index contributed by atoms with van der Waals surface area (Å²) in [5, 5.41) is 6.95. The standard InChI is InChI=1S/C28H25ClFN5OS/c1-18-6-4-7-19(16-18)32-25(36)12-15-35-27(26(33-28(35)37)23-8-2-3-13-31-23)24-9-5-14-34(24)20-10-11-22(30)21(29)17-20/h2-11,13-14,16-17,26-27H,12,15H2,1H3,(H,32,36)(H,33,37)/t26-,27+/m0/s1. The minimum Gasteiger partial charge on any atom is -0.352 e. The smallest absolute Gasteiger partial charge is 0.226 e. The first-order chi connectivity index (χ1) is 17.9. The van der Waals surface area contributed by atoms with Gasteiger partial charge in [-0.1, -0.05) is 29.8 Å². The largest absolute Gasteiger partial charge is 0.352 e. The van der Waals surface area contributed by atoms with E-state index in [1.165, 1.54) is 6.07 Å². The van der Waals surface area contributed by atoms with Crippen molar-refractivity contribution in [2.24, 2.45) is 0 Å². The number of aromatic nitrogens is 2. The molecule has 1 aliphatic rings. The van der Waals surface area contributed by atoms with Gasteiger partial charge in [-0.25, -0.2) is 4.39 Å². The van der Waals surface area contributed by atoms with Crippen molar-refractivity contribution in [3.63, 3.8) is 0 Å². The van der Waals surface area contributed by atoms with Crippen LogP contribution in [0.2, 0.25) is 5.02 Å². The average Bonchev–Trinajstić information content (AvgIpc) is 3.49. The van der Waals surface area contributed by atoms with E-state index in [2.05, 4.69) is 15.6 Å². The van der Waals surface area contributed by atoms with E-state index in [1.54, 1.807) is 18.3 Å². The highest BCUT2D eigenvalue weighted by Gasteiger charge is 2.41. The maximum Gasteiger partial charge on any atom is 0.226 e. The summed E-state index contributed by atoms with van der Waals surface area (Å²) in [7, 11) is 0. The summed E-state index contributed by atoms with van der Waals surface area (Å²) < 4.78 is 15.8. The molecule has 1 amide bonds. The van der Waals surface area contributed by atoms with Crippen molar-refractivity contribution in [3.05, 3.63) is 113 Å². The Kier molecular flexibility index (Phi) is 7.21. The molecule has 2 aromatic carbocycles. The number of amides is 1. The van der Waals surface area contributed by atoms with Crippen molar-refractivity contribution in [2.75, 3.05) is 11.9 Å². The summed E-state index contributed by atoms with van der Waals surface area (Å²) in [5.74, 6) is -0.579. The molecule has 2 aromatic heterocycles. The lowest BCUT2D eigenvalue weighted by molar-refractivity contribution is -0.116. The second kappa shape index (κ2) is 10.7. The molecule has 0 saturated carbocycles. The number of anilines is 1. The van der Waals surface area contributed by atoms with Gasteiger partial charge in [0.15, 0.2) is 5.11 Å². The summed E-state index contributed by atoms with van der Waals surface area (Å²) in [4.78, 5) is 19.4. The molecule has 6 nitrogen and oxygen atoms in total. The molecule has 9 heteroatoms. The lowest BCUT2D eigenvalue weighted by Crippen LogP contribution is -2.33. The molecule has 0 aliphatic carbocycles. The van der Waals surface area contributed by atoms with Gasteiger partial charge in [0.25, 0.3) is 0 Å². The molecule has 1 aliphatic heterocycles. The third kappa shape index (κ3) is 5.35. The fraction of sp³-hybridized carbons (Fsp3) is 0.179. The van der Waals surface area contributed by atoms with Gasteiger partial charge in [0.1, 0.15) is 5.82 Å². The second-order valence-electron chi connectivity index (χ2n) is 8.89. The predicted molar refractivity (Wildman–Crippen MR) is 147 cm³/mol. The molecule has 0 bridgehead atoms. The van der Waals surface area contributed by atoms with E-state index in [0.29, 0.717) is 11.7 Å². The number of thiocarbonyl (C=S) groups is 1. The SMILES string of the molecule is Cc1cccc(NC(=O)CCN2C(=S)N[C@@H](c3ccccn3)[C@H]2c2cccn2-c2ccc(F)c(Cl)c2)c1. The molecule has 0 unspecified atom stereocenters. The van der Waals surface area contributed by atoms with Crippen LogP contribution in [0.15, 0.2) is 85.2 Å². The number of nitrogens with one attached hydrogen (secondary N) is 2. The summed E-state index contributed by atoms with van der Waals surface area (Å²) in [6, 6.07) is 21.5. The minimum atomic E-state index is -0.476. The fourth-order valence-corrected chi connectivity index (χ4v) is 5.15. The topological polar surface area (TPSA) is 62.2 Å². The van der Waals surface area contributed by atoms with Crippen molar-refractivity contribution in [1.29, 1.82) is 0 Å². The van der Waals surface area contributed by atoms with Crippen molar-refractivity contribution < 1.29 is 9.18 Å².